The van der Waals surface area contributed by atoms with Crippen molar-refractivity contribution >= 4 is 11.8 Å². The fraction of sp³-hybridized carbons (Fsp3) is 0.857. The van der Waals surface area contributed by atoms with E-state index in [-0.39, 0.29) is 24.0 Å². The van der Waals surface area contributed by atoms with Crippen molar-refractivity contribution < 1.29 is 14.3 Å². The molecular formula is C14H25N3O3. The summed E-state index contributed by atoms with van der Waals surface area (Å²) in [5, 5.41) is 2.85. The Bertz CT molecular complexity index is 354. The fourth-order valence-electron chi connectivity index (χ4n) is 2.91. The van der Waals surface area contributed by atoms with Gasteiger partial charge >= 0.3 is 0 Å². The summed E-state index contributed by atoms with van der Waals surface area (Å²) in [7, 11) is 0. The van der Waals surface area contributed by atoms with E-state index < -0.39 is 0 Å². The first-order valence-corrected chi connectivity index (χ1v) is 7.49. The molecule has 114 valence electrons. The summed E-state index contributed by atoms with van der Waals surface area (Å²) < 4.78 is 5.66. The Kier molecular flexibility index (Phi) is 5.37. The Morgan fingerprint density at radius 2 is 1.95 bits per heavy atom. The van der Waals surface area contributed by atoms with Crippen molar-refractivity contribution in [1.29, 1.82) is 0 Å². The number of ether oxygens (including phenoxy) is 1. The van der Waals surface area contributed by atoms with E-state index in [4.69, 9.17) is 10.5 Å². The van der Waals surface area contributed by atoms with Gasteiger partial charge in [-0.1, -0.05) is 0 Å². The number of carbonyl (C=O) groups excluding carboxylic acids is 2. The standard InChI is InChI=1S/C14H25N3O3/c1-10(18)16-9-11-4-6-17(7-5-11)14(19)13-3-2-12(8-15)20-13/h11-13H,2-9,15H2,1H3,(H,16,18). The second-order valence-electron chi connectivity index (χ2n) is 5.77. The van der Waals surface area contributed by atoms with E-state index in [1.165, 1.54) is 6.92 Å². The minimum Gasteiger partial charge on any atom is -0.364 e. The van der Waals surface area contributed by atoms with Crippen LogP contribution in [0.3, 0.4) is 0 Å². The first-order valence-electron chi connectivity index (χ1n) is 7.49. The van der Waals surface area contributed by atoms with Gasteiger partial charge in [-0.15, -0.1) is 0 Å². The van der Waals surface area contributed by atoms with E-state index in [1.807, 2.05) is 4.90 Å². The summed E-state index contributed by atoms with van der Waals surface area (Å²) in [6, 6.07) is 0. The lowest BCUT2D eigenvalue weighted by Crippen LogP contribution is -2.45. The Labute approximate surface area is 120 Å². The van der Waals surface area contributed by atoms with Crippen molar-refractivity contribution in [2.24, 2.45) is 11.7 Å². The quantitative estimate of drug-likeness (QED) is 0.752. The van der Waals surface area contributed by atoms with Crippen molar-refractivity contribution in [3.8, 4) is 0 Å². The largest absolute Gasteiger partial charge is 0.364 e. The number of rotatable bonds is 4. The lowest BCUT2D eigenvalue weighted by molar-refractivity contribution is -0.144. The summed E-state index contributed by atoms with van der Waals surface area (Å²) >= 11 is 0. The Morgan fingerprint density at radius 1 is 1.25 bits per heavy atom. The third kappa shape index (κ3) is 3.93. The summed E-state index contributed by atoms with van der Waals surface area (Å²) in [4.78, 5) is 25.1. The minimum atomic E-state index is -0.296. The van der Waals surface area contributed by atoms with Crippen LogP contribution in [0, 0.1) is 5.92 Å². The van der Waals surface area contributed by atoms with Crippen LogP contribution in [0.4, 0.5) is 0 Å². The first kappa shape index (κ1) is 15.3. The van der Waals surface area contributed by atoms with Crippen molar-refractivity contribution in [2.45, 2.75) is 44.8 Å². The van der Waals surface area contributed by atoms with Gasteiger partial charge in [-0.05, 0) is 31.6 Å². The van der Waals surface area contributed by atoms with E-state index in [0.29, 0.717) is 19.0 Å². The Hall–Kier alpha value is -1.14. The molecule has 2 aliphatic rings. The van der Waals surface area contributed by atoms with Crippen LogP contribution in [-0.4, -0.2) is 55.1 Å². The maximum atomic E-state index is 12.3. The number of nitrogens with zero attached hydrogens (tertiary/aromatic N) is 1. The highest BCUT2D eigenvalue weighted by Gasteiger charge is 2.34. The molecule has 2 heterocycles. The van der Waals surface area contributed by atoms with Gasteiger partial charge in [0, 0.05) is 33.1 Å². The van der Waals surface area contributed by atoms with Crippen molar-refractivity contribution in [3.63, 3.8) is 0 Å². The van der Waals surface area contributed by atoms with Crippen molar-refractivity contribution in [1.82, 2.24) is 10.2 Å². The van der Waals surface area contributed by atoms with E-state index in [2.05, 4.69) is 5.32 Å². The molecule has 2 aliphatic heterocycles. The van der Waals surface area contributed by atoms with Crippen LogP contribution in [0.2, 0.25) is 0 Å². The normalized spacial score (nSPS) is 27.6. The van der Waals surface area contributed by atoms with Crippen molar-refractivity contribution in [2.75, 3.05) is 26.2 Å². The summed E-state index contributed by atoms with van der Waals surface area (Å²) in [6.45, 7) is 4.26. The molecule has 2 amide bonds. The van der Waals surface area contributed by atoms with Crippen LogP contribution < -0.4 is 11.1 Å². The third-order valence-corrected chi connectivity index (χ3v) is 4.21. The summed E-state index contributed by atoms with van der Waals surface area (Å²) in [5.41, 5.74) is 5.57. The predicted octanol–water partition coefficient (Wildman–Crippen LogP) is -0.133. The van der Waals surface area contributed by atoms with Crippen LogP contribution in [0.1, 0.15) is 32.6 Å². The molecule has 0 radical (unpaired) electrons. The lowest BCUT2D eigenvalue weighted by atomic mass is 9.96. The molecule has 0 aromatic carbocycles. The van der Waals surface area contributed by atoms with Crippen LogP contribution in [0.25, 0.3) is 0 Å². The lowest BCUT2D eigenvalue weighted by Gasteiger charge is -2.33. The molecule has 0 aliphatic carbocycles. The number of piperidine rings is 1. The zero-order chi connectivity index (χ0) is 14.5. The topological polar surface area (TPSA) is 84.7 Å². The van der Waals surface area contributed by atoms with Gasteiger partial charge in [0.2, 0.25) is 5.91 Å². The average Bonchev–Trinajstić information content (AvgIpc) is 2.94. The number of carbonyl (C=O) groups is 2. The first-order chi connectivity index (χ1) is 9.60. The monoisotopic (exact) mass is 283 g/mol. The molecule has 0 aromatic rings. The second kappa shape index (κ2) is 7.04. The van der Waals surface area contributed by atoms with Crippen LogP contribution in [-0.2, 0) is 14.3 Å². The SMILES string of the molecule is CC(=O)NCC1CCN(C(=O)C2CCC(CN)O2)CC1. The van der Waals surface area contributed by atoms with Gasteiger partial charge in [-0.25, -0.2) is 0 Å². The Morgan fingerprint density at radius 3 is 2.50 bits per heavy atom. The van der Waals surface area contributed by atoms with Crippen LogP contribution in [0.15, 0.2) is 0 Å². The summed E-state index contributed by atoms with van der Waals surface area (Å²) in [6.07, 6.45) is 3.30. The zero-order valence-electron chi connectivity index (χ0n) is 12.1. The zero-order valence-corrected chi connectivity index (χ0v) is 12.1. The van der Waals surface area contributed by atoms with Gasteiger partial charge in [-0.3, -0.25) is 9.59 Å². The Balaban J connectivity index is 1.73. The fourth-order valence-corrected chi connectivity index (χ4v) is 2.91. The predicted molar refractivity (Wildman–Crippen MR) is 74.9 cm³/mol. The van der Waals surface area contributed by atoms with Crippen molar-refractivity contribution in [3.05, 3.63) is 0 Å². The number of hydrogen-bond donors (Lipinski definition) is 2. The van der Waals surface area contributed by atoms with Gasteiger partial charge in [0.05, 0.1) is 6.10 Å². The molecular weight excluding hydrogens is 258 g/mol. The van der Waals surface area contributed by atoms with Gasteiger partial charge in [0.1, 0.15) is 6.10 Å². The molecule has 2 unspecified atom stereocenters. The maximum absolute atomic E-state index is 12.3. The molecule has 2 saturated heterocycles. The van der Waals surface area contributed by atoms with Gasteiger partial charge in [-0.2, -0.15) is 0 Å². The van der Waals surface area contributed by atoms with Gasteiger partial charge in [0.15, 0.2) is 0 Å². The van der Waals surface area contributed by atoms with Gasteiger partial charge < -0.3 is 20.7 Å². The third-order valence-electron chi connectivity index (χ3n) is 4.21. The molecule has 2 rings (SSSR count). The molecule has 6 heteroatoms. The molecule has 2 fully saturated rings. The van der Waals surface area contributed by atoms with E-state index in [1.54, 1.807) is 0 Å². The second-order valence-corrected chi connectivity index (χ2v) is 5.77. The maximum Gasteiger partial charge on any atom is 0.251 e. The van der Waals surface area contributed by atoms with E-state index in [9.17, 15) is 9.59 Å². The number of hydrogen-bond acceptors (Lipinski definition) is 4. The molecule has 0 spiro atoms. The minimum absolute atomic E-state index is 0.00990. The number of amides is 2. The summed E-state index contributed by atoms with van der Waals surface area (Å²) in [5.74, 6) is 0.596. The smallest absolute Gasteiger partial charge is 0.251 e. The number of nitrogens with one attached hydrogen (secondary N) is 1. The molecule has 0 aromatic heterocycles. The molecule has 20 heavy (non-hydrogen) atoms. The molecule has 3 N–H and O–H groups in total. The van der Waals surface area contributed by atoms with E-state index >= 15 is 0 Å². The van der Waals surface area contributed by atoms with Crippen LogP contribution in [0.5, 0.6) is 0 Å². The van der Waals surface area contributed by atoms with Crippen LogP contribution >= 0.6 is 0 Å². The highest BCUT2D eigenvalue weighted by molar-refractivity contribution is 5.81. The molecule has 0 bridgehead atoms. The number of likely N-dealkylation sites (tertiary alicyclic amines) is 1. The highest BCUT2D eigenvalue weighted by atomic mass is 16.5. The van der Waals surface area contributed by atoms with Gasteiger partial charge in [0.25, 0.3) is 5.91 Å². The molecule has 6 nitrogen and oxygen atoms in total. The molecule has 2 atom stereocenters. The average molecular weight is 283 g/mol. The number of nitrogens with two attached hydrogens (primary N) is 1. The van der Waals surface area contributed by atoms with E-state index in [0.717, 1.165) is 38.8 Å². The highest BCUT2D eigenvalue weighted by Crippen LogP contribution is 2.23. The molecule has 0 saturated carbocycles.